The molecular weight excluding hydrogens is 418 g/mol. The van der Waals surface area contributed by atoms with Crippen LogP contribution >= 0.6 is 0 Å². The van der Waals surface area contributed by atoms with Crippen LogP contribution in [0.4, 0.5) is 10.5 Å². The van der Waals surface area contributed by atoms with Gasteiger partial charge in [0.1, 0.15) is 5.60 Å². The van der Waals surface area contributed by atoms with E-state index in [1.807, 2.05) is 24.3 Å². The van der Waals surface area contributed by atoms with E-state index in [0.29, 0.717) is 12.2 Å². The van der Waals surface area contributed by atoms with Crippen LogP contribution in [-0.2, 0) is 20.9 Å². The average Bonchev–Trinajstić information content (AvgIpc) is 2.70. The molecule has 7 heteroatoms. The molecule has 1 aromatic carbocycles. The van der Waals surface area contributed by atoms with Gasteiger partial charge in [-0.2, -0.15) is 0 Å². The summed E-state index contributed by atoms with van der Waals surface area (Å²) in [6.45, 7) is 6.03. The Balaban J connectivity index is 1.23. The Bertz CT molecular complexity index is 870. The molecule has 0 saturated heterocycles. The molecule has 0 radical (unpaired) electrons. The Labute approximate surface area is 196 Å². The zero-order chi connectivity index (χ0) is 23.6. The summed E-state index contributed by atoms with van der Waals surface area (Å²) in [5, 5.41) is 8.63. The van der Waals surface area contributed by atoms with E-state index in [9.17, 15) is 14.4 Å². The van der Waals surface area contributed by atoms with Crippen molar-refractivity contribution in [1.29, 1.82) is 0 Å². The Morgan fingerprint density at radius 1 is 1.00 bits per heavy atom. The van der Waals surface area contributed by atoms with Crippen LogP contribution in [0.1, 0.15) is 71.3 Å². The van der Waals surface area contributed by atoms with Crippen molar-refractivity contribution in [2.24, 2.45) is 23.2 Å². The Morgan fingerprint density at radius 3 is 2.24 bits per heavy atom. The minimum absolute atomic E-state index is 0.145. The molecule has 33 heavy (non-hydrogen) atoms. The van der Waals surface area contributed by atoms with E-state index in [2.05, 4.69) is 16.0 Å². The van der Waals surface area contributed by atoms with E-state index < -0.39 is 11.7 Å². The van der Waals surface area contributed by atoms with Crippen molar-refractivity contribution >= 4 is 23.6 Å². The molecule has 180 valence electrons. The van der Waals surface area contributed by atoms with Gasteiger partial charge in [0.05, 0.1) is 0 Å². The normalized spacial score (nSPS) is 27.7. The molecule has 0 unspecified atom stereocenters. The number of alkyl carbamates (subject to hydrolysis) is 1. The zero-order valence-electron chi connectivity index (χ0n) is 20.0. The van der Waals surface area contributed by atoms with Crippen LogP contribution in [0.5, 0.6) is 0 Å². The SMILES string of the molecule is CC(C)(C)OC(=O)NCCC(=O)Nc1cccc(CNC(=O)C23CC4CC(CC(C4)C2)C3)c1. The lowest BCUT2D eigenvalue weighted by atomic mass is 9.49. The summed E-state index contributed by atoms with van der Waals surface area (Å²) in [6.07, 6.45) is 6.73. The van der Waals surface area contributed by atoms with E-state index in [1.165, 1.54) is 19.3 Å². The molecule has 0 spiro atoms. The third-order valence-electron chi connectivity index (χ3n) is 7.20. The first kappa shape index (κ1) is 23.6. The maximum Gasteiger partial charge on any atom is 0.407 e. The number of hydrogen-bond donors (Lipinski definition) is 3. The van der Waals surface area contributed by atoms with Gasteiger partial charge in [-0.3, -0.25) is 9.59 Å². The first-order chi connectivity index (χ1) is 15.6. The number of rotatable bonds is 7. The molecule has 0 heterocycles. The van der Waals surface area contributed by atoms with Gasteiger partial charge in [0.25, 0.3) is 0 Å². The van der Waals surface area contributed by atoms with Gasteiger partial charge in [0.2, 0.25) is 11.8 Å². The summed E-state index contributed by atoms with van der Waals surface area (Å²) in [4.78, 5) is 37.1. The third kappa shape index (κ3) is 6.06. The van der Waals surface area contributed by atoms with Gasteiger partial charge < -0.3 is 20.7 Å². The molecule has 7 nitrogen and oxygen atoms in total. The van der Waals surface area contributed by atoms with Crippen LogP contribution in [0, 0.1) is 23.2 Å². The highest BCUT2D eigenvalue weighted by Crippen LogP contribution is 2.60. The van der Waals surface area contributed by atoms with Crippen molar-refractivity contribution in [2.45, 2.75) is 77.9 Å². The Morgan fingerprint density at radius 2 is 1.64 bits per heavy atom. The lowest BCUT2D eigenvalue weighted by Crippen LogP contribution is -2.53. The highest BCUT2D eigenvalue weighted by molar-refractivity contribution is 5.91. The smallest absolute Gasteiger partial charge is 0.407 e. The maximum atomic E-state index is 13.2. The molecule has 4 aliphatic carbocycles. The summed E-state index contributed by atoms with van der Waals surface area (Å²) in [5.74, 6) is 2.24. The second kappa shape index (κ2) is 9.35. The topological polar surface area (TPSA) is 96.5 Å². The standard InChI is InChI=1S/C26H37N3O4/c1-25(2,3)33-24(32)27-8-7-22(30)29-21-6-4-5-17(12-21)16-28-23(31)26-13-18-9-19(14-26)11-20(10-18)15-26/h4-6,12,18-20H,7-11,13-16H2,1-3H3,(H,27,32)(H,28,31)(H,29,30). The number of carbonyl (C=O) groups is 3. The summed E-state index contributed by atoms with van der Waals surface area (Å²) in [7, 11) is 0. The van der Waals surface area contributed by atoms with Gasteiger partial charge in [-0.15, -0.1) is 0 Å². The second-order valence-corrected chi connectivity index (χ2v) is 11.3. The lowest BCUT2D eigenvalue weighted by Gasteiger charge is -2.55. The fourth-order valence-electron chi connectivity index (χ4n) is 6.33. The quantitative estimate of drug-likeness (QED) is 0.569. The van der Waals surface area contributed by atoms with Crippen molar-refractivity contribution in [3.05, 3.63) is 29.8 Å². The third-order valence-corrected chi connectivity index (χ3v) is 7.20. The summed E-state index contributed by atoms with van der Waals surface area (Å²) in [5.41, 5.74) is 0.913. The molecule has 4 saturated carbocycles. The minimum atomic E-state index is -0.572. The van der Waals surface area contributed by atoms with Crippen molar-refractivity contribution in [3.8, 4) is 0 Å². The zero-order valence-corrected chi connectivity index (χ0v) is 20.0. The number of anilines is 1. The van der Waals surface area contributed by atoms with E-state index in [4.69, 9.17) is 4.74 Å². The predicted molar refractivity (Wildman–Crippen MR) is 126 cm³/mol. The number of nitrogens with one attached hydrogen (secondary N) is 3. The van der Waals surface area contributed by atoms with Gasteiger partial charge in [0.15, 0.2) is 0 Å². The van der Waals surface area contributed by atoms with Crippen LogP contribution < -0.4 is 16.0 Å². The maximum absolute atomic E-state index is 13.2. The van der Waals surface area contributed by atoms with Gasteiger partial charge in [0, 0.05) is 30.6 Å². The van der Waals surface area contributed by atoms with E-state index in [0.717, 1.165) is 42.6 Å². The van der Waals surface area contributed by atoms with Gasteiger partial charge in [-0.1, -0.05) is 12.1 Å². The molecule has 4 aliphatic rings. The van der Waals surface area contributed by atoms with Crippen molar-refractivity contribution in [1.82, 2.24) is 10.6 Å². The van der Waals surface area contributed by atoms with Crippen molar-refractivity contribution < 1.29 is 19.1 Å². The number of benzene rings is 1. The lowest BCUT2D eigenvalue weighted by molar-refractivity contribution is -0.146. The van der Waals surface area contributed by atoms with E-state index in [1.54, 1.807) is 20.8 Å². The number of amides is 3. The molecule has 4 fully saturated rings. The molecule has 0 atom stereocenters. The first-order valence-electron chi connectivity index (χ1n) is 12.2. The monoisotopic (exact) mass is 455 g/mol. The van der Waals surface area contributed by atoms with Gasteiger partial charge >= 0.3 is 6.09 Å². The van der Waals surface area contributed by atoms with Crippen LogP contribution in [0.25, 0.3) is 0 Å². The van der Waals surface area contributed by atoms with Crippen molar-refractivity contribution in [3.63, 3.8) is 0 Å². The molecule has 0 aromatic heterocycles. The van der Waals surface area contributed by atoms with E-state index >= 15 is 0 Å². The molecule has 4 bridgehead atoms. The minimum Gasteiger partial charge on any atom is -0.444 e. The molecule has 3 N–H and O–H groups in total. The molecule has 3 amide bonds. The Hall–Kier alpha value is -2.57. The number of carbonyl (C=O) groups excluding carboxylic acids is 3. The largest absolute Gasteiger partial charge is 0.444 e. The molecule has 5 rings (SSSR count). The summed E-state index contributed by atoms with van der Waals surface area (Å²) in [6, 6.07) is 7.54. The fourth-order valence-corrected chi connectivity index (χ4v) is 6.33. The average molecular weight is 456 g/mol. The van der Waals surface area contributed by atoms with Crippen LogP contribution in [0.2, 0.25) is 0 Å². The highest BCUT2D eigenvalue weighted by Gasteiger charge is 2.54. The van der Waals surface area contributed by atoms with Crippen LogP contribution in [0.3, 0.4) is 0 Å². The molecule has 0 aliphatic heterocycles. The highest BCUT2D eigenvalue weighted by atomic mass is 16.6. The van der Waals surface area contributed by atoms with Crippen LogP contribution in [-0.4, -0.2) is 30.1 Å². The van der Waals surface area contributed by atoms with Crippen LogP contribution in [0.15, 0.2) is 24.3 Å². The second-order valence-electron chi connectivity index (χ2n) is 11.3. The Kier molecular flexibility index (Phi) is 6.68. The van der Waals surface area contributed by atoms with Gasteiger partial charge in [-0.05, 0) is 94.7 Å². The molecule has 1 aromatic rings. The molecular formula is C26H37N3O4. The van der Waals surface area contributed by atoms with Crippen molar-refractivity contribution in [2.75, 3.05) is 11.9 Å². The number of ether oxygens (including phenoxy) is 1. The summed E-state index contributed by atoms with van der Waals surface area (Å²) < 4.78 is 5.16. The predicted octanol–water partition coefficient (Wildman–Crippen LogP) is 4.37. The summed E-state index contributed by atoms with van der Waals surface area (Å²) >= 11 is 0. The first-order valence-corrected chi connectivity index (χ1v) is 12.2. The fraction of sp³-hybridized carbons (Fsp3) is 0.654. The number of hydrogen-bond acceptors (Lipinski definition) is 4. The van der Waals surface area contributed by atoms with E-state index in [-0.39, 0.29) is 30.2 Å². The van der Waals surface area contributed by atoms with Gasteiger partial charge in [-0.25, -0.2) is 4.79 Å².